The first kappa shape index (κ1) is 11.6. The van der Waals surface area contributed by atoms with Crippen molar-refractivity contribution in [3.63, 3.8) is 0 Å². The molecular weight excluding hydrogens is 224 g/mol. The molecule has 0 fully saturated rings. The lowest BCUT2D eigenvalue weighted by atomic mass is 10.2. The summed E-state index contributed by atoms with van der Waals surface area (Å²) in [6.07, 6.45) is 1.87. The molecule has 1 N–H and O–H groups in total. The van der Waals surface area contributed by atoms with Crippen LogP contribution in [0.2, 0.25) is 0 Å². The van der Waals surface area contributed by atoms with Crippen LogP contribution in [0.3, 0.4) is 0 Å². The van der Waals surface area contributed by atoms with E-state index in [0.717, 1.165) is 17.3 Å². The normalized spacial score (nSPS) is 10.6. The molecule has 0 bridgehead atoms. The summed E-state index contributed by atoms with van der Waals surface area (Å²) in [5.41, 5.74) is 2.32. The Hall–Kier alpha value is -1.91. The van der Waals surface area contributed by atoms with Crippen LogP contribution < -0.4 is 5.32 Å². The van der Waals surface area contributed by atoms with Crippen molar-refractivity contribution in [2.24, 2.45) is 7.05 Å². The number of halogens is 2. The van der Waals surface area contributed by atoms with E-state index in [9.17, 15) is 8.78 Å². The summed E-state index contributed by atoms with van der Waals surface area (Å²) >= 11 is 0. The predicted molar refractivity (Wildman–Crippen MR) is 61.6 cm³/mol. The Morgan fingerprint density at radius 2 is 1.88 bits per heavy atom. The second kappa shape index (κ2) is 4.53. The molecule has 1 aromatic heterocycles. The van der Waals surface area contributed by atoms with Crippen molar-refractivity contribution >= 4 is 5.69 Å². The third kappa shape index (κ3) is 2.81. The van der Waals surface area contributed by atoms with Gasteiger partial charge in [-0.15, -0.1) is 0 Å². The lowest BCUT2D eigenvalue weighted by molar-refractivity contribution is 0.584. The van der Waals surface area contributed by atoms with E-state index < -0.39 is 11.6 Å². The fraction of sp³-hybridized carbons (Fsp3) is 0.250. The Labute approximate surface area is 98.1 Å². The maximum Gasteiger partial charge on any atom is 0.128 e. The first-order valence-electron chi connectivity index (χ1n) is 5.23. The van der Waals surface area contributed by atoms with Gasteiger partial charge in [-0.3, -0.25) is 4.68 Å². The van der Waals surface area contributed by atoms with Gasteiger partial charge >= 0.3 is 0 Å². The number of anilines is 1. The van der Waals surface area contributed by atoms with Crippen LogP contribution in [-0.2, 0) is 13.6 Å². The number of rotatable bonds is 3. The van der Waals surface area contributed by atoms with Crippen molar-refractivity contribution in [2.45, 2.75) is 13.5 Å². The van der Waals surface area contributed by atoms with E-state index in [0.29, 0.717) is 12.2 Å². The molecule has 17 heavy (non-hydrogen) atoms. The lowest BCUT2D eigenvalue weighted by Crippen LogP contribution is -2.00. The van der Waals surface area contributed by atoms with Gasteiger partial charge in [0.25, 0.3) is 0 Å². The summed E-state index contributed by atoms with van der Waals surface area (Å²) in [6, 6.07) is 3.37. The third-order valence-electron chi connectivity index (χ3n) is 2.46. The zero-order valence-electron chi connectivity index (χ0n) is 9.67. The van der Waals surface area contributed by atoms with E-state index >= 15 is 0 Å². The van der Waals surface area contributed by atoms with Crippen LogP contribution >= 0.6 is 0 Å². The van der Waals surface area contributed by atoms with Crippen LogP contribution in [0.25, 0.3) is 0 Å². The smallest absolute Gasteiger partial charge is 0.128 e. The molecule has 2 aromatic rings. The van der Waals surface area contributed by atoms with Gasteiger partial charge < -0.3 is 5.32 Å². The van der Waals surface area contributed by atoms with Gasteiger partial charge in [0.1, 0.15) is 11.6 Å². The molecule has 5 heteroatoms. The number of hydrogen-bond donors (Lipinski definition) is 1. The van der Waals surface area contributed by atoms with Crippen molar-refractivity contribution in [1.29, 1.82) is 0 Å². The van der Waals surface area contributed by atoms with Crippen LogP contribution in [0.1, 0.15) is 11.3 Å². The topological polar surface area (TPSA) is 29.9 Å². The summed E-state index contributed by atoms with van der Waals surface area (Å²) in [4.78, 5) is 0. The highest BCUT2D eigenvalue weighted by Gasteiger charge is 2.04. The van der Waals surface area contributed by atoms with Gasteiger partial charge in [-0.25, -0.2) is 8.78 Å². The van der Waals surface area contributed by atoms with E-state index in [4.69, 9.17) is 0 Å². The molecule has 0 aliphatic carbocycles. The van der Waals surface area contributed by atoms with Gasteiger partial charge in [-0.05, 0) is 19.1 Å². The van der Waals surface area contributed by atoms with Crippen LogP contribution in [0.4, 0.5) is 14.5 Å². The number of aromatic nitrogens is 2. The molecule has 0 spiro atoms. The van der Waals surface area contributed by atoms with Gasteiger partial charge in [0.2, 0.25) is 0 Å². The van der Waals surface area contributed by atoms with Crippen molar-refractivity contribution in [2.75, 3.05) is 5.32 Å². The SMILES string of the molecule is Cc1nn(C)cc1CNc1cc(F)cc(F)c1. The van der Waals surface area contributed by atoms with Crippen LogP contribution in [0.15, 0.2) is 24.4 Å². The Kier molecular flexibility index (Phi) is 3.08. The average Bonchev–Trinajstić information content (AvgIpc) is 2.53. The molecule has 2 rings (SSSR count). The van der Waals surface area contributed by atoms with E-state index in [-0.39, 0.29) is 0 Å². The summed E-state index contributed by atoms with van der Waals surface area (Å²) < 4.78 is 27.6. The maximum atomic E-state index is 12.9. The highest BCUT2D eigenvalue weighted by molar-refractivity contribution is 5.44. The first-order chi connectivity index (χ1) is 8.04. The van der Waals surface area contributed by atoms with E-state index in [1.54, 1.807) is 4.68 Å². The molecule has 1 aromatic carbocycles. The average molecular weight is 237 g/mol. The van der Waals surface area contributed by atoms with Gasteiger partial charge in [0.05, 0.1) is 5.69 Å². The minimum Gasteiger partial charge on any atom is -0.381 e. The molecule has 1 heterocycles. The summed E-state index contributed by atoms with van der Waals surface area (Å²) in [6.45, 7) is 2.38. The molecule has 3 nitrogen and oxygen atoms in total. The Morgan fingerprint density at radius 3 is 2.41 bits per heavy atom. The second-order valence-electron chi connectivity index (χ2n) is 3.93. The maximum absolute atomic E-state index is 12.9. The molecular formula is C12H13F2N3. The van der Waals surface area contributed by atoms with Gasteiger partial charge in [0.15, 0.2) is 0 Å². The Balaban J connectivity index is 2.09. The van der Waals surface area contributed by atoms with Gasteiger partial charge in [-0.1, -0.05) is 0 Å². The molecule has 0 atom stereocenters. The zero-order chi connectivity index (χ0) is 12.4. The fourth-order valence-electron chi connectivity index (χ4n) is 1.68. The van der Waals surface area contributed by atoms with Crippen molar-refractivity contribution in [3.8, 4) is 0 Å². The minimum atomic E-state index is -0.588. The lowest BCUT2D eigenvalue weighted by Gasteiger charge is -2.05. The molecule has 90 valence electrons. The molecule has 0 amide bonds. The molecule has 0 unspecified atom stereocenters. The molecule has 0 saturated carbocycles. The quantitative estimate of drug-likeness (QED) is 0.889. The van der Waals surface area contributed by atoms with E-state index in [1.807, 2.05) is 20.2 Å². The number of nitrogens with zero attached hydrogens (tertiary/aromatic N) is 2. The second-order valence-corrected chi connectivity index (χ2v) is 3.93. The fourth-order valence-corrected chi connectivity index (χ4v) is 1.68. The number of aryl methyl sites for hydroxylation is 2. The minimum absolute atomic E-state index is 0.422. The monoisotopic (exact) mass is 237 g/mol. The largest absolute Gasteiger partial charge is 0.381 e. The zero-order valence-corrected chi connectivity index (χ0v) is 9.67. The summed E-state index contributed by atoms with van der Waals surface area (Å²) in [5, 5.41) is 7.15. The van der Waals surface area contributed by atoms with Crippen LogP contribution in [-0.4, -0.2) is 9.78 Å². The van der Waals surface area contributed by atoms with Crippen molar-refractivity contribution < 1.29 is 8.78 Å². The number of nitrogens with one attached hydrogen (secondary N) is 1. The van der Waals surface area contributed by atoms with E-state index in [1.165, 1.54) is 12.1 Å². The van der Waals surface area contributed by atoms with Crippen molar-refractivity contribution in [3.05, 3.63) is 47.3 Å². The first-order valence-corrected chi connectivity index (χ1v) is 5.23. The van der Waals surface area contributed by atoms with E-state index in [2.05, 4.69) is 10.4 Å². The highest BCUT2D eigenvalue weighted by Crippen LogP contribution is 2.14. The highest BCUT2D eigenvalue weighted by atomic mass is 19.1. The molecule has 0 saturated heterocycles. The summed E-state index contributed by atoms with van der Waals surface area (Å²) in [7, 11) is 1.83. The van der Waals surface area contributed by atoms with Crippen LogP contribution in [0, 0.1) is 18.6 Å². The van der Waals surface area contributed by atoms with Crippen LogP contribution in [0.5, 0.6) is 0 Å². The Bertz CT molecular complexity index is 514. The molecule has 0 aliphatic rings. The van der Waals surface area contributed by atoms with Crippen molar-refractivity contribution in [1.82, 2.24) is 9.78 Å². The predicted octanol–water partition coefficient (Wildman–Crippen LogP) is 2.62. The number of hydrogen-bond acceptors (Lipinski definition) is 2. The molecule has 0 radical (unpaired) electrons. The molecule has 0 aliphatic heterocycles. The third-order valence-corrected chi connectivity index (χ3v) is 2.46. The number of benzene rings is 1. The summed E-state index contributed by atoms with van der Waals surface area (Å²) in [5.74, 6) is -1.18. The van der Waals surface area contributed by atoms with Gasteiger partial charge in [0, 0.05) is 37.1 Å². The van der Waals surface area contributed by atoms with Gasteiger partial charge in [-0.2, -0.15) is 5.10 Å². The Morgan fingerprint density at radius 1 is 1.24 bits per heavy atom. The standard InChI is InChI=1S/C12H13F2N3/c1-8-9(7-17(2)16-8)6-15-12-4-10(13)3-11(14)5-12/h3-5,7,15H,6H2,1-2H3.